The van der Waals surface area contributed by atoms with Crippen LogP contribution in [-0.4, -0.2) is 22.6 Å². The highest BCUT2D eigenvalue weighted by atomic mass is 19.1. The van der Waals surface area contributed by atoms with Crippen LogP contribution in [0.5, 0.6) is 0 Å². The number of aromatic nitrogens is 2. The molecule has 0 aliphatic rings. The Morgan fingerprint density at radius 3 is 2.86 bits per heavy atom. The minimum Gasteiger partial charge on any atom is -0.465 e. The molecule has 6 heteroatoms. The molecule has 0 spiro atoms. The number of hydrogen-bond acceptors (Lipinski definition) is 4. The number of carbonyl (C=O) groups excluding carboxylic acids is 1. The molecule has 2 N–H and O–H groups in total. The third-order valence-electron chi connectivity index (χ3n) is 3.24. The van der Waals surface area contributed by atoms with E-state index in [1.807, 2.05) is 24.3 Å². The molecule has 5 nitrogen and oxygen atoms in total. The van der Waals surface area contributed by atoms with Gasteiger partial charge in [0.15, 0.2) is 0 Å². The molecule has 21 heavy (non-hydrogen) atoms. The zero-order valence-corrected chi connectivity index (χ0v) is 11.2. The second-order valence-corrected chi connectivity index (χ2v) is 4.49. The van der Waals surface area contributed by atoms with Crippen LogP contribution in [0.4, 0.5) is 10.1 Å². The number of imidazole rings is 1. The maximum atomic E-state index is 14.2. The number of carbonyl (C=O) groups is 1. The van der Waals surface area contributed by atoms with E-state index in [0.29, 0.717) is 0 Å². The molecule has 0 radical (unpaired) electrons. The van der Waals surface area contributed by atoms with Gasteiger partial charge in [0.2, 0.25) is 0 Å². The molecule has 106 valence electrons. The highest BCUT2D eigenvalue weighted by Crippen LogP contribution is 2.25. The van der Waals surface area contributed by atoms with Crippen LogP contribution in [0.3, 0.4) is 0 Å². The Bertz CT molecular complexity index is 842. The lowest BCUT2D eigenvalue weighted by Gasteiger charge is -2.10. The van der Waals surface area contributed by atoms with Crippen LogP contribution in [-0.2, 0) is 4.74 Å². The van der Waals surface area contributed by atoms with E-state index < -0.39 is 11.8 Å². The van der Waals surface area contributed by atoms with E-state index in [9.17, 15) is 9.18 Å². The van der Waals surface area contributed by atoms with Crippen LogP contribution in [0.1, 0.15) is 10.4 Å². The van der Waals surface area contributed by atoms with Crippen LogP contribution < -0.4 is 5.73 Å². The third-order valence-corrected chi connectivity index (χ3v) is 3.24. The average Bonchev–Trinajstić information content (AvgIpc) is 2.90. The predicted molar refractivity (Wildman–Crippen MR) is 76.8 cm³/mol. The zero-order chi connectivity index (χ0) is 15.0. The van der Waals surface area contributed by atoms with Gasteiger partial charge in [-0.3, -0.25) is 4.57 Å². The molecule has 0 unspecified atom stereocenters. The Morgan fingerprint density at radius 2 is 2.10 bits per heavy atom. The SMILES string of the molecule is COC(=O)c1cc(-n2cnc3ccccc32)c(F)cc1N. The Balaban J connectivity index is 2.25. The largest absolute Gasteiger partial charge is 0.465 e. The highest BCUT2D eigenvalue weighted by molar-refractivity contribution is 5.96. The van der Waals surface area contributed by atoms with E-state index in [0.717, 1.165) is 17.1 Å². The van der Waals surface area contributed by atoms with Crippen molar-refractivity contribution in [1.82, 2.24) is 9.55 Å². The summed E-state index contributed by atoms with van der Waals surface area (Å²) in [4.78, 5) is 15.9. The van der Waals surface area contributed by atoms with Gasteiger partial charge < -0.3 is 10.5 Å². The van der Waals surface area contributed by atoms with E-state index in [4.69, 9.17) is 5.73 Å². The fourth-order valence-electron chi connectivity index (χ4n) is 2.20. The number of hydrogen-bond donors (Lipinski definition) is 1. The molecular weight excluding hydrogens is 273 g/mol. The number of fused-ring (bicyclic) bond motifs is 1. The molecule has 0 fully saturated rings. The number of methoxy groups -OCH3 is 1. The fraction of sp³-hybridized carbons (Fsp3) is 0.0667. The quantitative estimate of drug-likeness (QED) is 0.580. The van der Waals surface area contributed by atoms with E-state index in [1.165, 1.54) is 19.5 Å². The number of rotatable bonds is 2. The van der Waals surface area contributed by atoms with Gasteiger partial charge in [-0.15, -0.1) is 0 Å². The van der Waals surface area contributed by atoms with Gasteiger partial charge in [0, 0.05) is 5.69 Å². The Morgan fingerprint density at radius 1 is 1.33 bits per heavy atom. The van der Waals surface area contributed by atoms with Crippen molar-refractivity contribution in [2.45, 2.75) is 0 Å². The molecule has 0 aliphatic carbocycles. The molecule has 3 rings (SSSR count). The number of para-hydroxylation sites is 2. The summed E-state index contributed by atoms with van der Waals surface area (Å²) >= 11 is 0. The summed E-state index contributed by atoms with van der Waals surface area (Å²) in [5.74, 6) is -1.15. The maximum Gasteiger partial charge on any atom is 0.340 e. The van der Waals surface area contributed by atoms with Gasteiger partial charge in [-0.05, 0) is 24.3 Å². The number of esters is 1. The molecule has 3 aromatic rings. The standard InChI is InChI=1S/C15H12FN3O2/c1-21-15(20)9-6-14(10(16)7-11(9)17)19-8-18-12-4-2-3-5-13(12)19/h2-8H,17H2,1H3. The first-order chi connectivity index (χ1) is 10.1. The van der Waals surface area contributed by atoms with Crippen molar-refractivity contribution in [2.24, 2.45) is 0 Å². The predicted octanol–water partition coefficient (Wildman–Crippen LogP) is 2.53. The number of ether oxygens (including phenoxy) is 1. The number of nitrogens with two attached hydrogens (primary N) is 1. The van der Waals surface area contributed by atoms with Crippen molar-refractivity contribution in [3.8, 4) is 5.69 Å². The van der Waals surface area contributed by atoms with Crippen molar-refractivity contribution >= 4 is 22.7 Å². The summed E-state index contributed by atoms with van der Waals surface area (Å²) in [5, 5.41) is 0. The number of nitrogens with zero attached hydrogens (tertiary/aromatic N) is 2. The van der Waals surface area contributed by atoms with Gasteiger partial charge >= 0.3 is 5.97 Å². The van der Waals surface area contributed by atoms with E-state index in [1.54, 1.807) is 4.57 Å². The Kier molecular flexibility index (Phi) is 3.06. The first-order valence-corrected chi connectivity index (χ1v) is 6.21. The molecule has 2 aromatic carbocycles. The zero-order valence-electron chi connectivity index (χ0n) is 11.2. The fourth-order valence-corrected chi connectivity index (χ4v) is 2.20. The second-order valence-electron chi connectivity index (χ2n) is 4.49. The summed E-state index contributed by atoms with van der Waals surface area (Å²) in [6.45, 7) is 0. The summed E-state index contributed by atoms with van der Waals surface area (Å²) in [6.07, 6.45) is 1.50. The summed E-state index contributed by atoms with van der Waals surface area (Å²) < 4.78 is 20.4. The average molecular weight is 285 g/mol. The van der Waals surface area contributed by atoms with Gasteiger partial charge in [0.05, 0.1) is 29.4 Å². The molecule has 0 atom stereocenters. The first-order valence-electron chi connectivity index (χ1n) is 6.21. The Hall–Kier alpha value is -2.89. The molecule has 0 bridgehead atoms. The molecule has 1 heterocycles. The monoisotopic (exact) mass is 285 g/mol. The van der Waals surface area contributed by atoms with Crippen LogP contribution in [0.2, 0.25) is 0 Å². The highest BCUT2D eigenvalue weighted by Gasteiger charge is 2.16. The lowest BCUT2D eigenvalue weighted by molar-refractivity contribution is 0.0602. The van der Waals surface area contributed by atoms with Crippen molar-refractivity contribution in [3.63, 3.8) is 0 Å². The van der Waals surface area contributed by atoms with Gasteiger partial charge in [-0.25, -0.2) is 14.2 Å². The Labute approximate surface area is 119 Å². The van der Waals surface area contributed by atoms with E-state index >= 15 is 0 Å². The van der Waals surface area contributed by atoms with Gasteiger partial charge in [0.25, 0.3) is 0 Å². The van der Waals surface area contributed by atoms with E-state index in [-0.39, 0.29) is 16.9 Å². The summed E-state index contributed by atoms with van der Waals surface area (Å²) in [7, 11) is 1.25. The van der Waals surface area contributed by atoms with Crippen molar-refractivity contribution in [1.29, 1.82) is 0 Å². The molecule has 0 amide bonds. The molecule has 0 aliphatic heterocycles. The van der Waals surface area contributed by atoms with Crippen LogP contribution >= 0.6 is 0 Å². The van der Waals surface area contributed by atoms with E-state index in [2.05, 4.69) is 9.72 Å². The van der Waals surface area contributed by atoms with Gasteiger partial charge in [-0.1, -0.05) is 12.1 Å². The minimum atomic E-state index is -0.613. The van der Waals surface area contributed by atoms with Gasteiger partial charge in [-0.2, -0.15) is 0 Å². The third kappa shape index (κ3) is 2.10. The number of benzene rings is 2. The normalized spacial score (nSPS) is 10.8. The minimum absolute atomic E-state index is 0.0347. The molecule has 0 saturated carbocycles. The van der Waals surface area contributed by atoms with Crippen molar-refractivity contribution in [2.75, 3.05) is 12.8 Å². The van der Waals surface area contributed by atoms with Crippen LogP contribution in [0.15, 0.2) is 42.7 Å². The number of halogens is 1. The number of anilines is 1. The summed E-state index contributed by atoms with van der Waals surface area (Å²) in [6, 6.07) is 9.79. The smallest absolute Gasteiger partial charge is 0.340 e. The van der Waals surface area contributed by atoms with Crippen molar-refractivity contribution in [3.05, 3.63) is 54.1 Å². The lowest BCUT2D eigenvalue weighted by Crippen LogP contribution is -2.08. The van der Waals surface area contributed by atoms with Crippen molar-refractivity contribution < 1.29 is 13.9 Å². The number of nitrogen functional groups attached to an aromatic ring is 1. The maximum absolute atomic E-state index is 14.2. The lowest BCUT2D eigenvalue weighted by atomic mass is 10.1. The molecular formula is C15H12FN3O2. The van der Waals surface area contributed by atoms with Gasteiger partial charge in [0.1, 0.15) is 12.1 Å². The van der Waals surface area contributed by atoms with Crippen LogP contribution in [0.25, 0.3) is 16.7 Å². The topological polar surface area (TPSA) is 70.1 Å². The van der Waals surface area contributed by atoms with Crippen LogP contribution in [0, 0.1) is 5.82 Å². The second kappa shape index (κ2) is 4.90. The molecule has 1 aromatic heterocycles. The first kappa shape index (κ1) is 13.1. The molecule has 0 saturated heterocycles. The summed E-state index contributed by atoms with van der Waals surface area (Å²) in [5.41, 5.74) is 7.48.